The third-order valence-corrected chi connectivity index (χ3v) is 2.53. The van der Waals surface area contributed by atoms with Gasteiger partial charge in [-0.15, -0.1) is 4.37 Å². The number of likely N-dealkylation sites (N-methyl/N-ethyl adjacent to an activating group) is 1. The van der Waals surface area contributed by atoms with Crippen molar-refractivity contribution in [2.45, 2.75) is 19.1 Å². The highest BCUT2D eigenvalue weighted by atomic mass is 32.1. The van der Waals surface area contributed by atoms with E-state index in [0.29, 0.717) is 5.88 Å². The number of nitrogens with one attached hydrogen (secondary N) is 2. The molecule has 0 radical (unpaired) electrons. The van der Waals surface area contributed by atoms with Crippen molar-refractivity contribution in [3.05, 3.63) is 6.20 Å². The Balaban J connectivity index is 2.17. The maximum atomic E-state index is 11.2. The maximum Gasteiger partial charge on any atom is 0.245 e. The SMILES string of the molecule is CNC(=O)C(C)NCC(O)COc1cnsn1. The second kappa shape index (κ2) is 7.15. The van der Waals surface area contributed by atoms with Crippen LogP contribution in [0.2, 0.25) is 0 Å². The summed E-state index contributed by atoms with van der Waals surface area (Å²) in [5.74, 6) is 0.273. The van der Waals surface area contributed by atoms with Crippen LogP contribution in [0.5, 0.6) is 5.88 Å². The minimum absolute atomic E-state index is 0.110. The lowest BCUT2D eigenvalue weighted by atomic mass is 10.3. The highest BCUT2D eigenvalue weighted by Crippen LogP contribution is 2.05. The van der Waals surface area contributed by atoms with Crippen molar-refractivity contribution in [2.75, 3.05) is 20.2 Å². The van der Waals surface area contributed by atoms with E-state index in [1.165, 1.54) is 6.20 Å². The molecule has 8 heteroatoms. The molecule has 3 N–H and O–H groups in total. The minimum atomic E-state index is -0.705. The third kappa shape index (κ3) is 5.07. The van der Waals surface area contributed by atoms with Gasteiger partial charge in [-0.3, -0.25) is 4.79 Å². The highest BCUT2D eigenvalue weighted by Gasteiger charge is 2.13. The first-order valence-electron chi connectivity index (χ1n) is 5.17. The molecule has 1 heterocycles. The van der Waals surface area contributed by atoms with Crippen molar-refractivity contribution in [2.24, 2.45) is 0 Å². The lowest BCUT2D eigenvalue weighted by molar-refractivity contribution is -0.122. The van der Waals surface area contributed by atoms with E-state index in [0.717, 1.165) is 11.7 Å². The van der Waals surface area contributed by atoms with Gasteiger partial charge < -0.3 is 20.5 Å². The van der Waals surface area contributed by atoms with Crippen molar-refractivity contribution < 1.29 is 14.6 Å². The molecule has 1 amide bonds. The van der Waals surface area contributed by atoms with Crippen LogP contribution in [0.15, 0.2) is 6.20 Å². The molecule has 0 saturated carbocycles. The molecule has 96 valence electrons. The summed E-state index contributed by atoms with van der Waals surface area (Å²) in [6.45, 7) is 2.10. The molecule has 0 aliphatic carbocycles. The van der Waals surface area contributed by atoms with Gasteiger partial charge in [-0.1, -0.05) is 0 Å². The second-order valence-electron chi connectivity index (χ2n) is 3.45. The van der Waals surface area contributed by atoms with E-state index >= 15 is 0 Å². The summed E-state index contributed by atoms with van der Waals surface area (Å²) in [4.78, 5) is 11.2. The monoisotopic (exact) mass is 260 g/mol. The molecule has 0 spiro atoms. The fourth-order valence-electron chi connectivity index (χ4n) is 1.08. The number of hydrogen-bond acceptors (Lipinski definition) is 7. The van der Waals surface area contributed by atoms with Crippen molar-refractivity contribution >= 4 is 17.6 Å². The number of aliphatic hydroxyl groups excluding tert-OH is 1. The molecule has 0 saturated heterocycles. The Kier molecular flexibility index (Phi) is 5.81. The van der Waals surface area contributed by atoms with Gasteiger partial charge in [0.15, 0.2) is 0 Å². The summed E-state index contributed by atoms with van der Waals surface area (Å²) in [6.07, 6.45) is 0.779. The third-order valence-electron chi connectivity index (χ3n) is 2.06. The van der Waals surface area contributed by atoms with Crippen LogP contribution >= 0.6 is 11.7 Å². The fourth-order valence-corrected chi connectivity index (χ4v) is 1.45. The van der Waals surface area contributed by atoms with Crippen LogP contribution in [-0.4, -0.2) is 52.1 Å². The number of amides is 1. The molecule has 2 unspecified atom stereocenters. The van der Waals surface area contributed by atoms with E-state index < -0.39 is 6.10 Å². The van der Waals surface area contributed by atoms with E-state index in [2.05, 4.69) is 19.4 Å². The molecule has 2 atom stereocenters. The van der Waals surface area contributed by atoms with Crippen LogP contribution < -0.4 is 15.4 Å². The predicted octanol–water partition coefficient (Wildman–Crippen LogP) is -0.998. The average Bonchev–Trinajstić information content (AvgIpc) is 2.85. The van der Waals surface area contributed by atoms with Gasteiger partial charge in [0.25, 0.3) is 0 Å². The van der Waals surface area contributed by atoms with E-state index in [9.17, 15) is 9.90 Å². The van der Waals surface area contributed by atoms with Gasteiger partial charge in [-0.2, -0.15) is 4.37 Å². The molecule has 1 aromatic rings. The first-order chi connectivity index (χ1) is 8.13. The van der Waals surface area contributed by atoms with Crippen LogP contribution in [0, 0.1) is 0 Å². The Morgan fingerprint density at radius 3 is 3.06 bits per heavy atom. The summed E-state index contributed by atoms with van der Waals surface area (Å²) in [7, 11) is 1.56. The zero-order valence-corrected chi connectivity index (χ0v) is 10.5. The predicted molar refractivity (Wildman–Crippen MR) is 62.9 cm³/mol. The number of rotatable bonds is 7. The summed E-state index contributed by atoms with van der Waals surface area (Å²) in [5.41, 5.74) is 0. The van der Waals surface area contributed by atoms with Gasteiger partial charge in [0, 0.05) is 13.6 Å². The smallest absolute Gasteiger partial charge is 0.245 e. The quantitative estimate of drug-likeness (QED) is 0.582. The van der Waals surface area contributed by atoms with Gasteiger partial charge in [-0.25, -0.2) is 0 Å². The summed E-state index contributed by atoms with van der Waals surface area (Å²) in [6, 6.07) is -0.351. The fraction of sp³-hybridized carbons (Fsp3) is 0.667. The molecule has 1 aromatic heterocycles. The van der Waals surface area contributed by atoms with Crippen LogP contribution in [0.25, 0.3) is 0 Å². The molecule has 17 heavy (non-hydrogen) atoms. The molecule has 0 aliphatic rings. The van der Waals surface area contributed by atoms with Gasteiger partial charge in [0.2, 0.25) is 11.8 Å². The van der Waals surface area contributed by atoms with Crippen molar-refractivity contribution in [3.8, 4) is 5.88 Å². The number of carbonyl (C=O) groups excluding carboxylic acids is 1. The number of nitrogens with zero attached hydrogens (tertiary/aromatic N) is 2. The number of aromatic nitrogens is 2. The van der Waals surface area contributed by atoms with Gasteiger partial charge in [0.1, 0.15) is 18.9 Å². The molecule has 0 aliphatic heterocycles. The van der Waals surface area contributed by atoms with E-state index in [4.69, 9.17) is 4.74 Å². The standard InChI is InChI=1S/C9H16N4O3S/c1-6(9(15)10-2)11-3-7(14)5-16-8-4-12-17-13-8/h4,6-7,11,14H,3,5H2,1-2H3,(H,10,15). The number of ether oxygens (including phenoxy) is 1. The van der Waals surface area contributed by atoms with Gasteiger partial charge in [0.05, 0.1) is 17.8 Å². The van der Waals surface area contributed by atoms with Gasteiger partial charge >= 0.3 is 0 Å². The van der Waals surface area contributed by atoms with Crippen molar-refractivity contribution in [1.29, 1.82) is 0 Å². The maximum absolute atomic E-state index is 11.2. The molecule has 0 fully saturated rings. The Hall–Kier alpha value is -1.25. The Morgan fingerprint density at radius 2 is 2.47 bits per heavy atom. The zero-order valence-electron chi connectivity index (χ0n) is 9.71. The normalized spacial score (nSPS) is 14.1. The molecule has 7 nitrogen and oxygen atoms in total. The van der Waals surface area contributed by atoms with E-state index in [1.807, 2.05) is 0 Å². The Bertz CT molecular complexity index is 333. The van der Waals surface area contributed by atoms with E-state index in [1.54, 1.807) is 14.0 Å². The van der Waals surface area contributed by atoms with Crippen LogP contribution in [0.1, 0.15) is 6.92 Å². The molecule has 0 bridgehead atoms. The largest absolute Gasteiger partial charge is 0.473 e. The average molecular weight is 260 g/mol. The van der Waals surface area contributed by atoms with E-state index in [-0.39, 0.29) is 25.1 Å². The molecule has 1 rings (SSSR count). The second-order valence-corrected chi connectivity index (χ2v) is 4.01. The number of aliphatic hydroxyl groups is 1. The molecular formula is C9H16N4O3S. The molecule has 0 aromatic carbocycles. The Labute approximate surface area is 104 Å². The minimum Gasteiger partial charge on any atom is -0.473 e. The lowest BCUT2D eigenvalue weighted by Gasteiger charge is -2.15. The van der Waals surface area contributed by atoms with Crippen LogP contribution in [-0.2, 0) is 4.79 Å². The summed E-state index contributed by atoms with van der Waals surface area (Å²) < 4.78 is 12.8. The summed E-state index contributed by atoms with van der Waals surface area (Å²) >= 11 is 1.04. The topological polar surface area (TPSA) is 96.4 Å². The van der Waals surface area contributed by atoms with Crippen molar-refractivity contribution in [3.63, 3.8) is 0 Å². The number of hydrogen-bond donors (Lipinski definition) is 3. The number of carbonyl (C=O) groups is 1. The van der Waals surface area contributed by atoms with Crippen LogP contribution in [0.4, 0.5) is 0 Å². The summed E-state index contributed by atoms with van der Waals surface area (Å²) in [5, 5.41) is 15.0. The zero-order chi connectivity index (χ0) is 12.7. The van der Waals surface area contributed by atoms with Crippen LogP contribution in [0.3, 0.4) is 0 Å². The first-order valence-corrected chi connectivity index (χ1v) is 5.90. The first kappa shape index (κ1) is 13.8. The lowest BCUT2D eigenvalue weighted by Crippen LogP contribution is -2.44. The highest BCUT2D eigenvalue weighted by molar-refractivity contribution is 6.99. The van der Waals surface area contributed by atoms with Crippen molar-refractivity contribution in [1.82, 2.24) is 19.4 Å². The Morgan fingerprint density at radius 1 is 1.71 bits per heavy atom. The molecular weight excluding hydrogens is 244 g/mol. The van der Waals surface area contributed by atoms with Gasteiger partial charge in [-0.05, 0) is 6.92 Å².